The molecule has 0 aliphatic carbocycles. The first kappa shape index (κ1) is 26.3. The average Bonchev–Trinajstić information content (AvgIpc) is 2.79. The van der Waals surface area contributed by atoms with Gasteiger partial charge in [-0.05, 0) is 29.9 Å². The summed E-state index contributed by atoms with van der Waals surface area (Å²) in [6.07, 6.45) is 1.62. The van der Waals surface area contributed by atoms with Gasteiger partial charge in [-0.2, -0.15) is 0 Å². The van der Waals surface area contributed by atoms with Crippen LogP contribution in [0.4, 0.5) is 0 Å². The lowest BCUT2D eigenvalue weighted by Gasteiger charge is -2.17. The van der Waals surface area contributed by atoms with Crippen LogP contribution in [0.3, 0.4) is 0 Å². The highest BCUT2D eigenvalue weighted by Crippen LogP contribution is 2.27. The SMILES string of the molecule is CC(C)C[C@H](N)CSSC[C@H](Cc1ccccc1)C(=O)NCC(=O)OCc1ccccc1. The Kier molecular flexibility index (Phi) is 12.3. The highest BCUT2D eigenvalue weighted by atomic mass is 33.1. The Hall–Kier alpha value is -1.96. The number of esters is 1. The molecule has 0 fully saturated rings. The first-order valence-electron chi connectivity index (χ1n) is 10.9. The van der Waals surface area contributed by atoms with Crippen molar-refractivity contribution in [3.05, 3.63) is 71.8 Å². The second kappa shape index (κ2) is 15.0. The molecule has 0 saturated carbocycles. The van der Waals surface area contributed by atoms with Crippen LogP contribution in [0.25, 0.3) is 0 Å². The average molecular weight is 475 g/mol. The van der Waals surface area contributed by atoms with Crippen molar-refractivity contribution in [2.24, 2.45) is 17.6 Å². The number of hydrogen-bond donors (Lipinski definition) is 2. The fraction of sp³-hybridized carbons (Fsp3) is 0.440. The lowest BCUT2D eigenvalue weighted by molar-refractivity contribution is -0.145. The minimum atomic E-state index is -0.442. The Morgan fingerprint density at radius 3 is 2.16 bits per heavy atom. The number of carbonyl (C=O) groups excluding carboxylic acids is 2. The molecule has 174 valence electrons. The topological polar surface area (TPSA) is 81.4 Å². The van der Waals surface area contributed by atoms with E-state index >= 15 is 0 Å². The van der Waals surface area contributed by atoms with Crippen molar-refractivity contribution in [3.63, 3.8) is 0 Å². The van der Waals surface area contributed by atoms with Gasteiger partial charge in [0, 0.05) is 17.5 Å². The molecule has 0 bridgehead atoms. The minimum absolute atomic E-state index is 0.131. The summed E-state index contributed by atoms with van der Waals surface area (Å²) in [7, 11) is 3.38. The van der Waals surface area contributed by atoms with Crippen molar-refractivity contribution in [3.8, 4) is 0 Å². The standard InChI is InChI=1S/C25H34N2O3S2/c1-19(2)13-23(26)18-32-31-17-22(14-20-9-5-3-6-10-20)25(29)27-15-24(28)30-16-21-11-7-4-8-12-21/h3-12,19,22-23H,13-18,26H2,1-2H3,(H,27,29)/t22-,23-/m0/s1. The first-order chi connectivity index (χ1) is 15.4. The molecule has 2 aromatic rings. The summed E-state index contributed by atoms with van der Waals surface area (Å²) < 4.78 is 5.26. The van der Waals surface area contributed by atoms with Crippen LogP contribution >= 0.6 is 21.6 Å². The minimum Gasteiger partial charge on any atom is -0.460 e. The number of benzene rings is 2. The van der Waals surface area contributed by atoms with Crippen molar-refractivity contribution < 1.29 is 14.3 Å². The maximum Gasteiger partial charge on any atom is 0.325 e. The molecule has 0 radical (unpaired) electrons. The fourth-order valence-electron chi connectivity index (χ4n) is 3.16. The number of carbonyl (C=O) groups is 2. The first-order valence-corrected chi connectivity index (χ1v) is 13.4. The lowest BCUT2D eigenvalue weighted by Crippen LogP contribution is -2.37. The summed E-state index contributed by atoms with van der Waals surface area (Å²) in [5, 5.41) is 2.75. The Morgan fingerprint density at radius 1 is 0.938 bits per heavy atom. The molecule has 0 unspecified atom stereocenters. The molecule has 5 nitrogen and oxygen atoms in total. The van der Waals surface area contributed by atoms with Gasteiger partial charge in [0.05, 0.1) is 5.92 Å². The van der Waals surface area contributed by atoms with Gasteiger partial charge >= 0.3 is 5.97 Å². The van der Waals surface area contributed by atoms with Crippen LogP contribution < -0.4 is 11.1 Å². The van der Waals surface area contributed by atoms with E-state index in [1.807, 2.05) is 60.7 Å². The van der Waals surface area contributed by atoms with Gasteiger partial charge in [-0.1, -0.05) is 96.1 Å². The van der Waals surface area contributed by atoms with Gasteiger partial charge < -0.3 is 15.8 Å². The number of nitrogens with one attached hydrogen (secondary N) is 1. The van der Waals surface area contributed by atoms with Gasteiger partial charge in [0.1, 0.15) is 13.2 Å². The lowest BCUT2D eigenvalue weighted by atomic mass is 10.0. The maximum atomic E-state index is 12.8. The molecule has 2 atom stereocenters. The Labute approximate surface area is 199 Å². The zero-order chi connectivity index (χ0) is 23.2. The summed E-state index contributed by atoms with van der Waals surface area (Å²) in [5.74, 6) is 1.27. The van der Waals surface area contributed by atoms with E-state index in [0.717, 1.165) is 23.3 Å². The molecule has 0 saturated heterocycles. The summed E-state index contributed by atoms with van der Waals surface area (Å²) in [5.41, 5.74) is 8.18. The van der Waals surface area contributed by atoms with Crippen molar-refractivity contribution in [1.29, 1.82) is 0 Å². The van der Waals surface area contributed by atoms with Crippen LogP contribution in [0.2, 0.25) is 0 Å². The zero-order valence-corrected chi connectivity index (χ0v) is 20.5. The molecule has 0 aliphatic rings. The molecule has 0 heterocycles. The van der Waals surface area contributed by atoms with E-state index in [1.165, 1.54) is 0 Å². The second-order valence-electron chi connectivity index (χ2n) is 8.21. The zero-order valence-electron chi connectivity index (χ0n) is 18.9. The van der Waals surface area contributed by atoms with Crippen molar-refractivity contribution >= 4 is 33.5 Å². The molecule has 2 aromatic carbocycles. The van der Waals surface area contributed by atoms with Crippen LogP contribution in [-0.2, 0) is 27.4 Å². The smallest absolute Gasteiger partial charge is 0.325 e. The highest BCUT2D eigenvalue weighted by Gasteiger charge is 2.20. The molecule has 0 spiro atoms. The quantitative estimate of drug-likeness (QED) is 0.239. The van der Waals surface area contributed by atoms with Gasteiger partial charge in [0.2, 0.25) is 5.91 Å². The monoisotopic (exact) mass is 474 g/mol. The number of nitrogens with two attached hydrogens (primary N) is 1. The number of ether oxygens (including phenoxy) is 1. The van der Waals surface area contributed by atoms with Crippen LogP contribution in [0.5, 0.6) is 0 Å². The molecule has 0 aliphatic heterocycles. The largest absolute Gasteiger partial charge is 0.460 e. The molecular formula is C25H34N2O3S2. The number of hydrogen-bond acceptors (Lipinski definition) is 6. The summed E-state index contributed by atoms with van der Waals surface area (Å²) in [4.78, 5) is 24.9. The number of rotatable bonds is 14. The molecule has 1 amide bonds. The van der Waals surface area contributed by atoms with E-state index in [1.54, 1.807) is 21.6 Å². The Morgan fingerprint density at radius 2 is 1.53 bits per heavy atom. The highest BCUT2D eigenvalue weighted by molar-refractivity contribution is 8.76. The van der Waals surface area contributed by atoms with Crippen LogP contribution in [-0.4, -0.2) is 36.0 Å². The predicted molar refractivity (Wildman–Crippen MR) is 135 cm³/mol. The molecule has 0 aromatic heterocycles. The van der Waals surface area contributed by atoms with Crippen molar-refractivity contribution in [1.82, 2.24) is 5.32 Å². The van der Waals surface area contributed by atoms with Crippen molar-refractivity contribution in [2.45, 2.75) is 39.3 Å². The van der Waals surface area contributed by atoms with Crippen molar-refractivity contribution in [2.75, 3.05) is 18.1 Å². The third-order valence-corrected chi connectivity index (χ3v) is 7.34. The van der Waals surface area contributed by atoms with E-state index in [2.05, 4.69) is 19.2 Å². The van der Waals surface area contributed by atoms with Crippen LogP contribution in [0.15, 0.2) is 60.7 Å². The number of amides is 1. The van der Waals surface area contributed by atoms with Gasteiger partial charge in [-0.15, -0.1) is 0 Å². The van der Waals surface area contributed by atoms with Gasteiger partial charge in [-0.3, -0.25) is 9.59 Å². The summed E-state index contributed by atoms with van der Waals surface area (Å²) >= 11 is 0. The Bertz CT molecular complexity index is 803. The maximum absolute atomic E-state index is 12.8. The van der Waals surface area contributed by atoms with Crippen LogP contribution in [0.1, 0.15) is 31.4 Å². The molecule has 3 N–H and O–H groups in total. The second-order valence-corrected chi connectivity index (χ2v) is 10.8. The normalized spacial score (nSPS) is 12.9. The van der Waals surface area contributed by atoms with E-state index in [-0.39, 0.29) is 31.0 Å². The van der Waals surface area contributed by atoms with Gasteiger partial charge in [-0.25, -0.2) is 0 Å². The molecule has 2 rings (SSSR count). The van der Waals surface area contributed by atoms with E-state index < -0.39 is 5.97 Å². The fourth-order valence-corrected chi connectivity index (χ4v) is 5.69. The van der Waals surface area contributed by atoms with Crippen LogP contribution in [0, 0.1) is 11.8 Å². The molecule has 7 heteroatoms. The summed E-state index contributed by atoms with van der Waals surface area (Å²) in [6, 6.07) is 19.6. The van der Waals surface area contributed by atoms with Gasteiger partial charge in [0.25, 0.3) is 0 Å². The Balaban J connectivity index is 1.81. The third kappa shape index (κ3) is 11.1. The molecular weight excluding hydrogens is 440 g/mol. The van der Waals surface area contributed by atoms with E-state index in [9.17, 15) is 9.59 Å². The van der Waals surface area contributed by atoms with E-state index in [4.69, 9.17) is 10.5 Å². The predicted octanol–water partition coefficient (Wildman–Crippen LogP) is 4.46. The third-order valence-electron chi connectivity index (χ3n) is 4.75. The van der Waals surface area contributed by atoms with E-state index in [0.29, 0.717) is 18.1 Å². The van der Waals surface area contributed by atoms with Gasteiger partial charge in [0.15, 0.2) is 0 Å². The summed E-state index contributed by atoms with van der Waals surface area (Å²) in [6.45, 7) is 4.41. The molecule has 32 heavy (non-hydrogen) atoms.